The van der Waals surface area contributed by atoms with E-state index in [2.05, 4.69) is 0 Å². The highest BCUT2D eigenvalue weighted by Gasteiger charge is 2.64. The Morgan fingerprint density at radius 1 is 0.500 bits per heavy atom. The first kappa shape index (κ1) is 44.4. The first-order chi connectivity index (χ1) is 29.3. The molecule has 3 aliphatic rings. The molecule has 60 heavy (non-hydrogen) atoms. The summed E-state index contributed by atoms with van der Waals surface area (Å²) >= 11 is 0. The Bertz CT molecular complexity index is 1840. The molecule has 0 aliphatic carbocycles. The van der Waals surface area contributed by atoms with E-state index < -0.39 is 73.0 Å². The van der Waals surface area contributed by atoms with E-state index in [1.807, 2.05) is 121 Å². The number of aliphatic hydroxyl groups excluding tert-OH is 1. The van der Waals surface area contributed by atoms with Crippen LogP contribution in [0.3, 0.4) is 0 Å². The minimum Gasteiger partial charge on any atom is -0.394 e. The highest BCUT2D eigenvalue weighted by Crippen LogP contribution is 2.45. The normalized spacial score (nSPS) is 33.0. The molecule has 324 valence electrons. The summed E-state index contributed by atoms with van der Waals surface area (Å²) in [4.78, 5) is 0. The minimum atomic E-state index is -1.41. The number of benzene rings is 4. The second-order valence-corrected chi connectivity index (χ2v) is 15.4. The lowest BCUT2D eigenvalue weighted by atomic mass is 9.93. The van der Waals surface area contributed by atoms with E-state index in [0.29, 0.717) is 6.61 Å². The maximum absolute atomic E-state index is 10.5. The van der Waals surface area contributed by atoms with Crippen LogP contribution in [0, 0.1) is 0 Å². The Morgan fingerprint density at radius 3 is 1.40 bits per heavy atom. The third-order valence-corrected chi connectivity index (χ3v) is 11.5. The summed E-state index contributed by atoms with van der Waals surface area (Å²) in [6.45, 7) is 4.25. The smallest absolute Gasteiger partial charge is 0.220 e. The van der Waals surface area contributed by atoms with Crippen LogP contribution in [-0.2, 0) is 83.3 Å². The molecule has 3 heterocycles. The molecule has 3 aliphatic heterocycles. The molecule has 0 saturated carbocycles. The summed E-state index contributed by atoms with van der Waals surface area (Å²) in [5, 5.41) is 10.5. The number of methoxy groups -OCH3 is 3. The molecule has 0 radical (unpaired) electrons. The van der Waals surface area contributed by atoms with Crippen LogP contribution in [0.25, 0.3) is 0 Å². The van der Waals surface area contributed by atoms with Crippen LogP contribution in [0.2, 0.25) is 0 Å². The predicted molar refractivity (Wildman–Crippen MR) is 218 cm³/mol. The van der Waals surface area contributed by atoms with Gasteiger partial charge in [-0.05, 0) is 36.1 Å². The third-order valence-electron chi connectivity index (χ3n) is 11.5. The molecular formula is C47H58O13. The van der Waals surface area contributed by atoms with E-state index in [-0.39, 0.29) is 33.0 Å². The van der Waals surface area contributed by atoms with Gasteiger partial charge in [-0.2, -0.15) is 0 Å². The van der Waals surface area contributed by atoms with Gasteiger partial charge in [-0.3, -0.25) is 0 Å². The standard InChI is InChI=1S/C47H58O13/c1-46(50-4)47(2,51-5)60-41-39(59-46)36(26-48)56-44(49-3)43(41)58-45-42(55-30-35-24-16-9-17-25-35)40(54-29-34-22-14-8-15-23-34)38(53-28-33-20-12-7-13-21-33)37(57-45)31-52-27-32-18-10-6-11-19-32/h6-25,36-45,48H,26-31H2,1-5H3/t36-,37-,38-,39-,40+,41+,42+,43+,44+,45-,46+,47+/m1/s1. The molecule has 0 spiro atoms. The van der Waals surface area contributed by atoms with Crippen LogP contribution in [0.4, 0.5) is 0 Å². The molecule has 0 amide bonds. The van der Waals surface area contributed by atoms with Crippen molar-refractivity contribution in [3.63, 3.8) is 0 Å². The Labute approximate surface area is 352 Å². The zero-order valence-corrected chi connectivity index (χ0v) is 34.9. The second-order valence-electron chi connectivity index (χ2n) is 15.4. The fourth-order valence-electron chi connectivity index (χ4n) is 7.85. The number of hydrogen-bond donors (Lipinski definition) is 1. The quantitative estimate of drug-likeness (QED) is 0.120. The SMILES string of the molecule is CO[C@H]1O[C@H](CO)[C@H]2O[C@](C)(OC)[C@@](C)(OC)O[C@@H]2[C@@H]1O[C@H]1O[C@H](COCc2ccccc2)[C@@H](OCc2ccccc2)[C@H](OCc2ccccc2)[C@@H]1OCc1ccccc1. The summed E-state index contributed by atoms with van der Waals surface area (Å²) in [6, 6.07) is 39.7. The highest BCUT2D eigenvalue weighted by molar-refractivity contribution is 5.17. The monoisotopic (exact) mass is 830 g/mol. The topological polar surface area (TPSA) is 131 Å². The summed E-state index contributed by atoms with van der Waals surface area (Å²) in [5.74, 6) is -2.80. The molecular weight excluding hydrogens is 773 g/mol. The van der Waals surface area contributed by atoms with Gasteiger partial charge in [0.1, 0.15) is 48.8 Å². The Kier molecular flexibility index (Phi) is 15.5. The van der Waals surface area contributed by atoms with Gasteiger partial charge in [-0.1, -0.05) is 121 Å². The van der Waals surface area contributed by atoms with Gasteiger partial charge < -0.3 is 61.9 Å². The van der Waals surface area contributed by atoms with Gasteiger partial charge >= 0.3 is 0 Å². The molecule has 0 unspecified atom stereocenters. The van der Waals surface area contributed by atoms with Gasteiger partial charge in [-0.15, -0.1) is 0 Å². The minimum absolute atomic E-state index is 0.131. The van der Waals surface area contributed by atoms with E-state index >= 15 is 0 Å². The van der Waals surface area contributed by atoms with Crippen molar-refractivity contribution in [2.75, 3.05) is 34.5 Å². The highest BCUT2D eigenvalue weighted by atomic mass is 16.8. The fraction of sp³-hybridized carbons (Fsp3) is 0.489. The van der Waals surface area contributed by atoms with Crippen molar-refractivity contribution in [3.05, 3.63) is 144 Å². The molecule has 4 aromatic carbocycles. The van der Waals surface area contributed by atoms with Crippen LogP contribution in [0.1, 0.15) is 36.1 Å². The van der Waals surface area contributed by atoms with Crippen LogP contribution >= 0.6 is 0 Å². The maximum atomic E-state index is 10.5. The summed E-state index contributed by atoms with van der Waals surface area (Å²) in [6.07, 6.45) is -8.84. The fourth-order valence-corrected chi connectivity index (χ4v) is 7.85. The lowest BCUT2D eigenvalue weighted by Crippen LogP contribution is -2.74. The average Bonchev–Trinajstić information content (AvgIpc) is 3.29. The lowest BCUT2D eigenvalue weighted by Gasteiger charge is -2.57. The van der Waals surface area contributed by atoms with Crippen molar-refractivity contribution in [2.45, 2.75) is 113 Å². The second kappa shape index (κ2) is 21.0. The lowest BCUT2D eigenvalue weighted by molar-refractivity contribution is -0.486. The number of fused-ring (bicyclic) bond motifs is 1. The number of hydrogen-bond acceptors (Lipinski definition) is 13. The maximum Gasteiger partial charge on any atom is 0.220 e. The van der Waals surface area contributed by atoms with Crippen LogP contribution in [-0.4, -0.2) is 113 Å². The molecule has 12 atom stereocenters. The Hall–Kier alpha value is -3.64. The van der Waals surface area contributed by atoms with E-state index in [1.165, 1.54) is 21.3 Å². The Balaban J connectivity index is 1.27. The van der Waals surface area contributed by atoms with Gasteiger partial charge in [0.05, 0.1) is 39.6 Å². The molecule has 1 N–H and O–H groups in total. The molecule has 4 aromatic rings. The Morgan fingerprint density at radius 2 is 0.933 bits per heavy atom. The van der Waals surface area contributed by atoms with Gasteiger partial charge in [0, 0.05) is 21.3 Å². The number of ether oxygens (including phenoxy) is 12. The summed E-state index contributed by atoms with van der Waals surface area (Å²) < 4.78 is 78.3. The van der Waals surface area contributed by atoms with E-state index in [4.69, 9.17) is 56.8 Å². The molecule has 13 nitrogen and oxygen atoms in total. The zero-order valence-electron chi connectivity index (χ0n) is 34.9. The zero-order chi connectivity index (χ0) is 42.0. The van der Waals surface area contributed by atoms with Crippen molar-refractivity contribution in [1.82, 2.24) is 0 Å². The van der Waals surface area contributed by atoms with E-state index in [1.54, 1.807) is 13.8 Å². The first-order valence-electron chi connectivity index (χ1n) is 20.4. The molecule has 3 saturated heterocycles. The van der Waals surface area contributed by atoms with Crippen molar-refractivity contribution in [3.8, 4) is 0 Å². The van der Waals surface area contributed by atoms with Crippen molar-refractivity contribution in [1.29, 1.82) is 0 Å². The first-order valence-corrected chi connectivity index (χ1v) is 20.4. The third kappa shape index (κ3) is 10.3. The largest absolute Gasteiger partial charge is 0.394 e. The van der Waals surface area contributed by atoms with Crippen molar-refractivity contribution < 1.29 is 61.9 Å². The van der Waals surface area contributed by atoms with Crippen LogP contribution in [0.5, 0.6) is 0 Å². The van der Waals surface area contributed by atoms with Crippen LogP contribution in [0.15, 0.2) is 121 Å². The van der Waals surface area contributed by atoms with E-state index in [9.17, 15) is 5.11 Å². The molecule has 0 aromatic heterocycles. The predicted octanol–water partition coefficient (Wildman–Crippen LogP) is 5.94. The molecule has 3 fully saturated rings. The molecule has 0 bridgehead atoms. The van der Waals surface area contributed by atoms with Gasteiger partial charge in [0.15, 0.2) is 12.6 Å². The summed E-state index contributed by atoms with van der Waals surface area (Å²) in [7, 11) is 4.51. The summed E-state index contributed by atoms with van der Waals surface area (Å²) in [5.41, 5.74) is 3.89. The van der Waals surface area contributed by atoms with E-state index in [0.717, 1.165) is 22.3 Å². The number of rotatable bonds is 19. The van der Waals surface area contributed by atoms with Gasteiger partial charge in [0.25, 0.3) is 0 Å². The van der Waals surface area contributed by atoms with Crippen molar-refractivity contribution >= 4 is 0 Å². The average molecular weight is 831 g/mol. The van der Waals surface area contributed by atoms with Crippen molar-refractivity contribution in [2.24, 2.45) is 0 Å². The molecule has 13 heteroatoms. The number of aliphatic hydroxyl groups is 1. The molecule has 7 rings (SSSR count). The van der Waals surface area contributed by atoms with Crippen LogP contribution < -0.4 is 0 Å². The van der Waals surface area contributed by atoms with Gasteiger partial charge in [0.2, 0.25) is 11.6 Å². The van der Waals surface area contributed by atoms with Gasteiger partial charge in [-0.25, -0.2) is 0 Å².